The Balaban J connectivity index is 1.59. The van der Waals surface area contributed by atoms with Crippen molar-refractivity contribution in [3.63, 3.8) is 0 Å². The van der Waals surface area contributed by atoms with Gasteiger partial charge in [0, 0.05) is 17.8 Å². The highest BCUT2D eigenvalue weighted by atomic mass is 32.2. The van der Waals surface area contributed by atoms with Gasteiger partial charge in [0.1, 0.15) is 11.6 Å². The van der Waals surface area contributed by atoms with Crippen LogP contribution < -0.4 is 10.6 Å². The maximum absolute atomic E-state index is 14.1. The molecule has 7 nitrogen and oxygen atoms in total. The van der Waals surface area contributed by atoms with Crippen LogP contribution in [0.15, 0.2) is 71.9 Å². The maximum atomic E-state index is 14.1. The Morgan fingerprint density at radius 2 is 1.79 bits per heavy atom. The van der Waals surface area contributed by atoms with Gasteiger partial charge < -0.3 is 10.6 Å². The van der Waals surface area contributed by atoms with Gasteiger partial charge in [-0.2, -0.15) is 4.98 Å². The van der Waals surface area contributed by atoms with Gasteiger partial charge in [0.2, 0.25) is 5.95 Å². The molecule has 0 spiro atoms. The van der Waals surface area contributed by atoms with Crippen LogP contribution in [-0.2, 0) is 9.84 Å². The van der Waals surface area contributed by atoms with E-state index in [9.17, 15) is 12.8 Å². The molecule has 4 aromatic rings. The van der Waals surface area contributed by atoms with Crippen molar-refractivity contribution in [2.75, 3.05) is 16.9 Å². The molecular weight excluding hydrogens is 393 g/mol. The predicted octanol–water partition coefficient (Wildman–Crippen LogP) is 4.05. The summed E-state index contributed by atoms with van der Waals surface area (Å²) in [6.07, 6.45) is 4.25. The van der Waals surface area contributed by atoms with E-state index in [0.717, 1.165) is 28.9 Å². The molecular formula is C20H16FN5O2S. The van der Waals surface area contributed by atoms with Crippen LogP contribution in [0, 0.1) is 5.82 Å². The monoisotopic (exact) mass is 409 g/mol. The number of nitrogens with zero attached hydrogens (tertiary/aromatic N) is 3. The van der Waals surface area contributed by atoms with E-state index in [1.165, 1.54) is 18.3 Å². The molecule has 0 unspecified atom stereocenters. The second-order valence-electron chi connectivity index (χ2n) is 6.35. The zero-order chi connectivity index (χ0) is 20.4. The first kappa shape index (κ1) is 18.8. The summed E-state index contributed by atoms with van der Waals surface area (Å²) in [5, 5.41) is 6.83. The average molecular weight is 409 g/mol. The number of anilines is 4. The lowest BCUT2D eigenvalue weighted by Crippen LogP contribution is -2.04. The number of rotatable bonds is 5. The zero-order valence-corrected chi connectivity index (χ0v) is 16.1. The second-order valence-corrected chi connectivity index (χ2v) is 8.36. The van der Waals surface area contributed by atoms with Crippen LogP contribution in [0.25, 0.3) is 10.9 Å². The molecule has 0 saturated carbocycles. The number of halogens is 1. The van der Waals surface area contributed by atoms with Gasteiger partial charge >= 0.3 is 0 Å². The summed E-state index contributed by atoms with van der Waals surface area (Å²) in [6.45, 7) is 0. The molecule has 0 aliphatic carbocycles. The SMILES string of the molecule is CS(=O)(=O)c1ccc(F)c(Nc2nccc(Nc3cnc4ccccc4c3)n2)c1. The van der Waals surface area contributed by atoms with E-state index >= 15 is 0 Å². The molecule has 9 heteroatoms. The molecule has 146 valence electrons. The minimum Gasteiger partial charge on any atom is -0.339 e. The van der Waals surface area contributed by atoms with Gasteiger partial charge in [-0.05, 0) is 36.4 Å². The topological polar surface area (TPSA) is 96.9 Å². The van der Waals surface area contributed by atoms with Crippen LogP contribution in [-0.4, -0.2) is 29.6 Å². The molecule has 2 aromatic carbocycles. The van der Waals surface area contributed by atoms with Crippen LogP contribution in [0.2, 0.25) is 0 Å². The molecule has 0 amide bonds. The van der Waals surface area contributed by atoms with E-state index < -0.39 is 15.7 Å². The van der Waals surface area contributed by atoms with Crippen molar-refractivity contribution in [3.8, 4) is 0 Å². The lowest BCUT2D eigenvalue weighted by Gasteiger charge is -2.10. The Labute approximate surface area is 166 Å². The van der Waals surface area contributed by atoms with Gasteiger partial charge in [0.05, 0.1) is 28.0 Å². The number of hydrogen-bond acceptors (Lipinski definition) is 7. The second kappa shape index (κ2) is 7.44. The maximum Gasteiger partial charge on any atom is 0.229 e. The molecule has 0 atom stereocenters. The number of hydrogen-bond donors (Lipinski definition) is 2. The molecule has 2 aromatic heterocycles. The van der Waals surface area contributed by atoms with Gasteiger partial charge in [0.25, 0.3) is 0 Å². The van der Waals surface area contributed by atoms with Crippen LogP contribution in [0.1, 0.15) is 0 Å². The summed E-state index contributed by atoms with van der Waals surface area (Å²) in [4.78, 5) is 12.7. The van der Waals surface area contributed by atoms with Gasteiger partial charge in [-0.25, -0.2) is 17.8 Å². The molecule has 2 heterocycles. The van der Waals surface area contributed by atoms with Gasteiger partial charge in [-0.1, -0.05) is 18.2 Å². The summed E-state index contributed by atoms with van der Waals surface area (Å²) in [7, 11) is -3.47. The van der Waals surface area contributed by atoms with Crippen LogP contribution >= 0.6 is 0 Å². The number of fused-ring (bicyclic) bond motifs is 1. The third kappa shape index (κ3) is 4.30. The van der Waals surface area contributed by atoms with Gasteiger partial charge in [-0.15, -0.1) is 0 Å². The van der Waals surface area contributed by atoms with Crippen molar-refractivity contribution in [2.24, 2.45) is 0 Å². The van der Waals surface area contributed by atoms with Gasteiger partial charge in [-0.3, -0.25) is 4.98 Å². The lowest BCUT2D eigenvalue weighted by atomic mass is 10.2. The Kier molecular flexibility index (Phi) is 4.81. The van der Waals surface area contributed by atoms with Crippen LogP contribution in [0.3, 0.4) is 0 Å². The van der Waals surface area contributed by atoms with Crippen molar-refractivity contribution in [1.82, 2.24) is 15.0 Å². The first-order valence-corrected chi connectivity index (χ1v) is 10.5. The van der Waals surface area contributed by atoms with Crippen molar-refractivity contribution in [1.29, 1.82) is 0 Å². The fourth-order valence-electron chi connectivity index (χ4n) is 2.73. The number of sulfone groups is 1. The van der Waals surface area contributed by atoms with Crippen molar-refractivity contribution in [3.05, 3.63) is 72.8 Å². The number of nitrogens with one attached hydrogen (secondary N) is 2. The lowest BCUT2D eigenvalue weighted by molar-refractivity contribution is 0.600. The number of benzene rings is 2. The highest BCUT2D eigenvalue weighted by Gasteiger charge is 2.12. The van der Waals surface area contributed by atoms with Crippen LogP contribution in [0.5, 0.6) is 0 Å². The number of aromatic nitrogens is 3. The molecule has 0 aliphatic rings. The van der Waals surface area contributed by atoms with Crippen molar-refractivity contribution < 1.29 is 12.8 Å². The highest BCUT2D eigenvalue weighted by molar-refractivity contribution is 7.90. The van der Waals surface area contributed by atoms with Crippen molar-refractivity contribution >= 4 is 43.9 Å². The van der Waals surface area contributed by atoms with E-state index in [-0.39, 0.29) is 16.5 Å². The van der Waals surface area contributed by atoms with E-state index in [1.807, 2.05) is 30.3 Å². The van der Waals surface area contributed by atoms with Gasteiger partial charge in [0.15, 0.2) is 9.84 Å². The summed E-state index contributed by atoms with van der Waals surface area (Å²) in [6, 6.07) is 14.8. The third-order valence-corrected chi connectivity index (χ3v) is 5.24. The zero-order valence-electron chi connectivity index (χ0n) is 15.3. The molecule has 0 aliphatic heterocycles. The molecule has 0 radical (unpaired) electrons. The molecule has 4 rings (SSSR count). The summed E-state index contributed by atoms with van der Waals surface area (Å²) < 4.78 is 37.5. The minimum atomic E-state index is -3.47. The average Bonchev–Trinajstić information content (AvgIpc) is 2.69. The third-order valence-electron chi connectivity index (χ3n) is 4.13. The Morgan fingerprint density at radius 3 is 2.62 bits per heavy atom. The van der Waals surface area contributed by atoms with Crippen LogP contribution in [0.4, 0.5) is 27.5 Å². The highest BCUT2D eigenvalue weighted by Crippen LogP contribution is 2.23. The largest absolute Gasteiger partial charge is 0.339 e. The fourth-order valence-corrected chi connectivity index (χ4v) is 3.37. The molecule has 0 fully saturated rings. The number of para-hydroxylation sites is 1. The molecule has 0 bridgehead atoms. The van der Waals surface area contributed by atoms with E-state index in [2.05, 4.69) is 25.6 Å². The van der Waals surface area contributed by atoms with E-state index in [1.54, 1.807) is 12.3 Å². The Hall–Kier alpha value is -3.59. The summed E-state index contributed by atoms with van der Waals surface area (Å²) in [5.41, 5.74) is 1.58. The van der Waals surface area contributed by atoms with E-state index in [4.69, 9.17) is 0 Å². The van der Waals surface area contributed by atoms with E-state index in [0.29, 0.717) is 5.82 Å². The standard InChI is InChI=1S/C20H16FN5O2S/c1-29(27,28)15-6-7-16(21)18(11-15)25-20-22-9-8-19(26-20)24-14-10-13-4-2-3-5-17(13)23-12-14/h2-12H,1H3,(H2,22,24,25,26). The summed E-state index contributed by atoms with van der Waals surface area (Å²) >= 11 is 0. The Bertz CT molecular complexity index is 1310. The first-order valence-electron chi connectivity index (χ1n) is 8.60. The molecule has 29 heavy (non-hydrogen) atoms. The molecule has 2 N–H and O–H groups in total. The fraction of sp³-hybridized carbons (Fsp3) is 0.0500. The smallest absolute Gasteiger partial charge is 0.229 e. The Morgan fingerprint density at radius 1 is 0.966 bits per heavy atom. The normalized spacial score (nSPS) is 11.4. The summed E-state index contributed by atoms with van der Waals surface area (Å²) in [5.74, 6) is -0.0225. The minimum absolute atomic E-state index is 0.00193. The quantitative estimate of drug-likeness (QED) is 0.480. The molecule has 0 saturated heterocycles. The van der Waals surface area contributed by atoms with Crippen molar-refractivity contribution in [2.45, 2.75) is 4.90 Å². The first-order chi connectivity index (χ1) is 13.9. The predicted molar refractivity (Wildman–Crippen MR) is 110 cm³/mol. The number of pyridine rings is 1.